The van der Waals surface area contributed by atoms with E-state index in [1.165, 1.54) is 6.92 Å². The third-order valence-electron chi connectivity index (χ3n) is 2.18. The molecule has 0 aromatic heterocycles. The molecule has 0 unspecified atom stereocenters. The number of rotatable bonds is 4. The monoisotopic (exact) mass is 271 g/mol. The molecule has 1 aromatic rings. The third kappa shape index (κ3) is 3.04. The molecular weight excluding hydrogens is 258 g/mol. The number of aliphatic hydroxyl groups is 1. The summed E-state index contributed by atoms with van der Waals surface area (Å²) in [6.07, 6.45) is 0. The van der Waals surface area contributed by atoms with Gasteiger partial charge in [-0.2, -0.15) is 0 Å². The van der Waals surface area contributed by atoms with E-state index in [1.807, 2.05) is 24.1 Å². The number of Topliss-reactive ketones (excluding diaryl/α,β-unsaturated/α-hetero) is 1. The van der Waals surface area contributed by atoms with Gasteiger partial charge in [-0.15, -0.1) is 0 Å². The van der Waals surface area contributed by atoms with Crippen LogP contribution in [-0.2, 0) is 0 Å². The van der Waals surface area contributed by atoms with Gasteiger partial charge >= 0.3 is 0 Å². The predicted molar refractivity (Wildman–Crippen MR) is 64.5 cm³/mol. The van der Waals surface area contributed by atoms with Crippen LogP contribution in [0.15, 0.2) is 22.7 Å². The zero-order chi connectivity index (χ0) is 11.4. The zero-order valence-electron chi connectivity index (χ0n) is 8.83. The summed E-state index contributed by atoms with van der Waals surface area (Å²) in [5.41, 5.74) is 1.51. The molecule has 1 aromatic carbocycles. The summed E-state index contributed by atoms with van der Waals surface area (Å²) in [6.45, 7) is 2.13. The van der Waals surface area contributed by atoms with Gasteiger partial charge in [0.1, 0.15) is 0 Å². The molecular formula is C11H14BrNO2. The van der Waals surface area contributed by atoms with Crippen LogP contribution in [0.25, 0.3) is 0 Å². The molecule has 82 valence electrons. The van der Waals surface area contributed by atoms with Crippen LogP contribution in [0.2, 0.25) is 0 Å². The van der Waals surface area contributed by atoms with Crippen LogP contribution in [0.1, 0.15) is 17.3 Å². The zero-order valence-corrected chi connectivity index (χ0v) is 10.4. The Morgan fingerprint density at radius 1 is 1.53 bits per heavy atom. The van der Waals surface area contributed by atoms with Crippen molar-refractivity contribution in [3.05, 3.63) is 28.2 Å². The van der Waals surface area contributed by atoms with Crippen molar-refractivity contribution in [2.75, 3.05) is 25.1 Å². The molecule has 3 nitrogen and oxygen atoms in total. The SMILES string of the molecule is CC(=O)c1cc(Br)ccc1N(C)CCO. The van der Waals surface area contributed by atoms with Crippen LogP contribution in [-0.4, -0.2) is 31.1 Å². The van der Waals surface area contributed by atoms with E-state index in [-0.39, 0.29) is 12.4 Å². The molecule has 0 aliphatic carbocycles. The van der Waals surface area contributed by atoms with Crippen LogP contribution in [0.5, 0.6) is 0 Å². The fourth-order valence-electron chi connectivity index (χ4n) is 1.39. The molecule has 0 fully saturated rings. The quantitative estimate of drug-likeness (QED) is 0.853. The van der Waals surface area contributed by atoms with Crippen molar-refractivity contribution in [1.29, 1.82) is 0 Å². The van der Waals surface area contributed by atoms with Gasteiger partial charge in [-0.05, 0) is 25.1 Å². The number of benzene rings is 1. The summed E-state index contributed by atoms with van der Waals surface area (Å²) in [6, 6.07) is 5.55. The molecule has 1 N–H and O–H groups in total. The van der Waals surface area contributed by atoms with Crippen molar-refractivity contribution in [3.63, 3.8) is 0 Å². The second-order valence-corrected chi connectivity index (χ2v) is 4.28. The molecule has 0 saturated carbocycles. The first kappa shape index (κ1) is 12.2. The van der Waals surface area contributed by atoms with E-state index >= 15 is 0 Å². The highest BCUT2D eigenvalue weighted by Crippen LogP contribution is 2.24. The van der Waals surface area contributed by atoms with Gasteiger partial charge in [0.2, 0.25) is 0 Å². The maximum Gasteiger partial charge on any atom is 0.161 e. The number of halogens is 1. The van der Waals surface area contributed by atoms with Gasteiger partial charge in [-0.3, -0.25) is 4.79 Å². The predicted octanol–water partition coefficient (Wildman–Crippen LogP) is 2.08. The largest absolute Gasteiger partial charge is 0.395 e. The van der Waals surface area contributed by atoms with Crippen molar-refractivity contribution < 1.29 is 9.90 Å². The number of carbonyl (C=O) groups is 1. The minimum atomic E-state index is 0.0242. The molecule has 0 heterocycles. The molecule has 0 spiro atoms. The average Bonchev–Trinajstić information content (AvgIpc) is 2.17. The van der Waals surface area contributed by atoms with E-state index < -0.39 is 0 Å². The number of hydrogen-bond acceptors (Lipinski definition) is 3. The lowest BCUT2D eigenvalue weighted by atomic mass is 10.1. The normalized spacial score (nSPS) is 10.1. The van der Waals surface area contributed by atoms with Crippen molar-refractivity contribution in [1.82, 2.24) is 0 Å². The molecule has 1 rings (SSSR count). The maximum atomic E-state index is 11.4. The van der Waals surface area contributed by atoms with Crippen molar-refractivity contribution in [3.8, 4) is 0 Å². The highest BCUT2D eigenvalue weighted by Gasteiger charge is 2.10. The van der Waals surface area contributed by atoms with Gasteiger partial charge in [0.05, 0.1) is 6.61 Å². The van der Waals surface area contributed by atoms with Crippen LogP contribution >= 0.6 is 15.9 Å². The first-order valence-corrected chi connectivity index (χ1v) is 5.48. The number of carbonyl (C=O) groups excluding carboxylic acids is 1. The Morgan fingerprint density at radius 3 is 2.73 bits per heavy atom. The summed E-state index contributed by atoms with van der Waals surface area (Å²) >= 11 is 3.33. The van der Waals surface area contributed by atoms with E-state index in [4.69, 9.17) is 5.11 Å². The van der Waals surface area contributed by atoms with E-state index in [9.17, 15) is 4.79 Å². The van der Waals surface area contributed by atoms with Gasteiger partial charge in [0.25, 0.3) is 0 Å². The Bertz CT molecular complexity index is 366. The minimum absolute atomic E-state index is 0.0242. The molecule has 0 aliphatic heterocycles. The Labute approximate surface area is 97.8 Å². The second-order valence-electron chi connectivity index (χ2n) is 3.36. The van der Waals surface area contributed by atoms with Gasteiger partial charge in [0, 0.05) is 29.3 Å². The Kier molecular flexibility index (Phi) is 4.29. The Hall–Kier alpha value is -0.870. The van der Waals surface area contributed by atoms with E-state index in [2.05, 4.69) is 15.9 Å². The van der Waals surface area contributed by atoms with E-state index in [0.717, 1.165) is 10.2 Å². The van der Waals surface area contributed by atoms with E-state index in [1.54, 1.807) is 6.07 Å². The van der Waals surface area contributed by atoms with Crippen molar-refractivity contribution in [2.45, 2.75) is 6.92 Å². The van der Waals surface area contributed by atoms with Crippen molar-refractivity contribution >= 4 is 27.4 Å². The van der Waals surface area contributed by atoms with Gasteiger partial charge in [-0.25, -0.2) is 0 Å². The summed E-state index contributed by atoms with van der Waals surface area (Å²) < 4.78 is 0.883. The molecule has 0 amide bonds. The molecule has 0 saturated heterocycles. The fraction of sp³-hybridized carbons (Fsp3) is 0.364. The molecule has 0 bridgehead atoms. The van der Waals surface area contributed by atoms with Gasteiger partial charge in [-0.1, -0.05) is 15.9 Å². The molecule has 0 aliphatic rings. The maximum absolute atomic E-state index is 11.4. The van der Waals surface area contributed by atoms with Gasteiger partial charge < -0.3 is 10.0 Å². The fourth-order valence-corrected chi connectivity index (χ4v) is 1.75. The average molecular weight is 272 g/mol. The summed E-state index contributed by atoms with van der Waals surface area (Å²) in [5.74, 6) is 0.0242. The summed E-state index contributed by atoms with van der Waals surface area (Å²) in [5, 5.41) is 8.85. The summed E-state index contributed by atoms with van der Waals surface area (Å²) in [7, 11) is 1.85. The standard InChI is InChI=1S/C11H14BrNO2/c1-8(15)10-7-9(12)3-4-11(10)13(2)5-6-14/h3-4,7,14H,5-6H2,1-2H3. The number of ketones is 1. The Balaban J connectivity index is 3.10. The third-order valence-corrected chi connectivity index (χ3v) is 2.68. The first-order valence-electron chi connectivity index (χ1n) is 4.68. The van der Waals surface area contributed by atoms with E-state index in [0.29, 0.717) is 12.1 Å². The number of hydrogen-bond donors (Lipinski definition) is 1. The molecule has 0 atom stereocenters. The van der Waals surface area contributed by atoms with Crippen LogP contribution in [0.4, 0.5) is 5.69 Å². The number of anilines is 1. The minimum Gasteiger partial charge on any atom is -0.395 e. The second kappa shape index (κ2) is 5.28. The van der Waals surface area contributed by atoms with Crippen LogP contribution in [0, 0.1) is 0 Å². The highest BCUT2D eigenvalue weighted by atomic mass is 79.9. The smallest absolute Gasteiger partial charge is 0.161 e. The van der Waals surface area contributed by atoms with Crippen LogP contribution in [0.3, 0.4) is 0 Å². The van der Waals surface area contributed by atoms with Crippen LogP contribution < -0.4 is 4.90 Å². The molecule has 4 heteroatoms. The molecule has 0 radical (unpaired) electrons. The lowest BCUT2D eigenvalue weighted by molar-refractivity contribution is 0.101. The lowest BCUT2D eigenvalue weighted by Gasteiger charge is -2.20. The highest BCUT2D eigenvalue weighted by molar-refractivity contribution is 9.10. The number of nitrogens with zero attached hydrogens (tertiary/aromatic N) is 1. The lowest BCUT2D eigenvalue weighted by Crippen LogP contribution is -2.23. The number of aliphatic hydroxyl groups excluding tert-OH is 1. The topological polar surface area (TPSA) is 40.5 Å². The summed E-state index contributed by atoms with van der Waals surface area (Å²) in [4.78, 5) is 13.3. The first-order chi connectivity index (χ1) is 7.06. The number of likely N-dealkylation sites (N-methyl/N-ethyl adjacent to an activating group) is 1. The molecule has 15 heavy (non-hydrogen) atoms. The Morgan fingerprint density at radius 2 is 2.20 bits per heavy atom. The van der Waals surface area contributed by atoms with Gasteiger partial charge in [0.15, 0.2) is 5.78 Å². The van der Waals surface area contributed by atoms with Crippen molar-refractivity contribution in [2.24, 2.45) is 0 Å².